The molecule has 2 aliphatic rings. The number of ether oxygens (including phenoxy) is 3. The SMILES string of the molecule is [2H]C1([2H])Oc2ccc(OC[C@H]3C(c4ccc(F)cc4)C([2H])([2H])CNC3([2H])[2H])cc2O1. The average molecular weight is 335 g/mol. The molecule has 1 saturated heterocycles. The van der Waals surface area contributed by atoms with Crippen LogP contribution in [0.25, 0.3) is 0 Å². The summed E-state index contributed by atoms with van der Waals surface area (Å²) in [6, 6.07) is 9.85. The third kappa shape index (κ3) is 3.17. The van der Waals surface area contributed by atoms with E-state index in [1.165, 1.54) is 42.5 Å². The summed E-state index contributed by atoms with van der Waals surface area (Å²) in [5, 5.41) is 2.61. The normalized spacial score (nSPS) is 32.4. The molecule has 4 rings (SSSR count). The van der Waals surface area contributed by atoms with E-state index in [1.54, 1.807) is 0 Å². The van der Waals surface area contributed by atoms with E-state index in [0.717, 1.165) is 0 Å². The molecule has 126 valence electrons. The second kappa shape index (κ2) is 6.69. The van der Waals surface area contributed by atoms with Crippen molar-refractivity contribution in [1.82, 2.24) is 5.32 Å². The van der Waals surface area contributed by atoms with Crippen molar-refractivity contribution in [3.63, 3.8) is 0 Å². The fraction of sp³-hybridized carbons (Fsp3) is 0.368. The Bertz CT molecular complexity index is 940. The Kier molecular flexibility index (Phi) is 2.76. The molecule has 1 fully saturated rings. The Hall–Kier alpha value is -2.27. The first-order chi connectivity index (χ1) is 14.0. The van der Waals surface area contributed by atoms with Gasteiger partial charge in [0.1, 0.15) is 14.3 Å². The van der Waals surface area contributed by atoms with Gasteiger partial charge in [0.05, 0.1) is 6.61 Å². The van der Waals surface area contributed by atoms with Gasteiger partial charge in [0, 0.05) is 24.0 Å². The van der Waals surface area contributed by atoms with E-state index in [-0.39, 0.29) is 24.7 Å². The topological polar surface area (TPSA) is 39.7 Å². The highest BCUT2D eigenvalue weighted by Gasteiger charge is 2.27. The number of piperidine rings is 1. The molecule has 5 heteroatoms. The molecule has 0 spiro atoms. The zero-order valence-electron chi connectivity index (χ0n) is 18.7. The van der Waals surface area contributed by atoms with Crippen LogP contribution in [0.4, 0.5) is 4.39 Å². The summed E-state index contributed by atoms with van der Waals surface area (Å²) >= 11 is 0. The molecule has 0 amide bonds. The maximum Gasteiger partial charge on any atom is 0.231 e. The van der Waals surface area contributed by atoms with Gasteiger partial charge in [-0.25, -0.2) is 4.39 Å². The molecular weight excluding hydrogens is 309 g/mol. The number of hydrogen-bond donors (Lipinski definition) is 1. The third-order valence-corrected chi connectivity index (χ3v) is 3.98. The van der Waals surface area contributed by atoms with E-state index in [0.29, 0.717) is 11.3 Å². The van der Waals surface area contributed by atoms with E-state index in [2.05, 4.69) is 5.32 Å². The highest BCUT2D eigenvalue weighted by Crippen LogP contribution is 2.36. The minimum atomic E-state index is -2.27. The highest BCUT2D eigenvalue weighted by molar-refractivity contribution is 5.46. The fourth-order valence-corrected chi connectivity index (χ4v) is 2.77. The zero-order valence-corrected chi connectivity index (χ0v) is 12.7. The smallest absolute Gasteiger partial charge is 0.231 e. The molecule has 0 aromatic heterocycles. The van der Waals surface area contributed by atoms with Crippen LogP contribution in [0.3, 0.4) is 0 Å². The van der Waals surface area contributed by atoms with Crippen molar-refractivity contribution in [2.24, 2.45) is 5.92 Å². The van der Waals surface area contributed by atoms with Gasteiger partial charge in [0.2, 0.25) is 6.75 Å². The molecule has 0 saturated carbocycles. The Morgan fingerprint density at radius 2 is 2.00 bits per heavy atom. The standard InChI is InChI=1S/C19H20FNO3/c20-15-3-1-13(2-4-15)17-7-8-21-10-14(17)11-22-16-5-6-18-19(9-16)24-12-23-18/h1-6,9,14,17,21H,7-8,10-12H2/t14-,17?/m0/s1/i7D2,10D2,12D2. The summed E-state index contributed by atoms with van der Waals surface area (Å²) in [5.74, 6) is -1.57. The first-order valence-corrected chi connectivity index (χ1v) is 7.62. The van der Waals surface area contributed by atoms with Crippen LogP contribution in [0.5, 0.6) is 17.2 Å². The van der Waals surface area contributed by atoms with Crippen LogP contribution in [0.15, 0.2) is 42.5 Å². The summed E-state index contributed by atoms with van der Waals surface area (Å²) in [4.78, 5) is 0. The zero-order chi connectivity index (χ0) is 21.7. The molecule has 1 N–H and O–H groups in total. The molecule has 0 radical (unpaired) electrons. The second-order valence-corrected chi connectivity index (χ2v) is 5.54. The van der Waals surface area contributed by atoms with Crippen molar-refractivity contribution < 1.29 is 26.8 Å². The molecule has 2 aliphatic heterocycles. The van der Waals surface area contributed by atoms with Crippen LogP contribution in [0.2, 0.25) is 0 Å². The summed E-state index contributed by atoms with van der Waals surface area (Å²) in [5.41, 5.74) is 0.485. The lowest BCUT2D eigenvalue weighted by Gasteiger charge is -2.32. The largest absolute Gasteiger partial charge is 0.493 e. The minimum Gasteiger partial charge on any atom is -0.493 e. The first-order valence-electron chi connectivity index (χ1n) is 10.6. The Morgan fingerprint density at radius 1 is 1.17 bits per heavy atom. The quantitative estimate of drug-likeness (QED) is 0.930. The molecule has 0 bridgehead atoms. The minimum absolute atomic E-state index is 0.160. The molecule has 2 heterocycles. The molecule has 2 aromatic rings. The van der Waals surface area contributed by atoms with Crippen molar-refractivity contribution in [3.8, 4) is 17.2 Å². The molecular formula is C19H20FNO3. The van der Waals surface area contributed by atoms with E-state index in [9.17, 15) is 4.39 Å². The molecule has 2 atom stereocenters. The highest BCUT2D eigenvalue weighted by atomic mass is 19.1. The van der Waals surface area contributed by atoms with Crippen molar-refractivity contribution in [2.75, 3.05) is 26.4 Å². The summed E-state index contributed by atoms with van der Waals surface area (Å²) in [6.07, 6.45) is -1.79. The van der Waals surface area contributed by atoms with Crippen molar-refractivity contribution in [3.05, 3.63) is 53.8 Å². The van der Waals surface area contributed by atoms with Crippen LogP contribution in [-0.4, -0.2) is 26.4 Å². The van der Waals surface area contributed by atoms with Gasteiger partial charge < -0.3 is 19.5 Å². The van der Waals surface area contributed by atoms with Crippen LogP contribution >= 0.6 is 0 Å². The van der Waals surface area contributed by atoms with Gasteiger partial charge in [-0.2, -0.15) is 0 Å². The number of fused-ring (bicyclic) bond motifs is 1. The van der Waals surface area contributed by atoms with Gasteiger partial charge in [0.15, 0.2) is 11.5 Å². The number of rotatable bonds is 4. The van der Waals surface area contributed by atoms with E-state index < -0.39 is 37.3 Å². The fourth-order valence-electron chi connectivity index (χ4n) is 2.77. The van der Waals surface area contributed by atoms with Crippen LogP contribution < -0.4 is 19.5 Å². The number of nitrogens with one attached hydrogen (secondary N) is 1. The van der Waals surface area contributed by atoms with Crippen LogP contribution in [0.1, 0.15) is 26.1 Å². The van der Waals surface area contributed by atoms with Gasteiger partial charge in [-0.15, -0.1) is 0 Å². The van der Waals surface area contributed by atoms with Gasteiger partial charge >= 0.3 is 0 Å². The van der Waals surface area contributed by atoms with Crippen LogP contribution in [0, 0.1) is 11.7 Å². The lowest BCUT2D eigenvalue weighted by atomic mass is 9.81. The first kappa shape index (κ1) is 9.89. The van der Waals surface area contributed by atoms with Crippen LogP contribution in [-0.2, 0) is 0 Å². The Morgan fingerprint density at radius 3 is 2.88 bits per heavy atom. The lowest BCUT2D eigenvalue weighted by Crippen LogP contribution is -2.38. The van der Waals surface area contributed by atoms with Gasteiger partial charge in [0.25, 0.3) is 0 Å². The van der Waals surface area contributed by atoms with Gasteiger partial charge in [-0.1, -0.05) is 12.1 Å². The van der Waals surface area contributed by atoms with Crippen molar-refractivity contribution in [2.45, 2.75) is 12.3 Å². The van der Waals surface area contributed by atoms with Gasteiger partial charge in [-0.3, -0.25) is 0 Å². The molecule has 1 unspecified atom stereocenters. The summed E-state index contributed by atoms with van der Waals surface area (Å²) < 4.78 is 77.7. The molecule has 0 aliphatic carbocycles. The predicted molar refractivity (Wildman–Crippen MR) is 88.2 cm³/mol. The molecule has 24 heavy (non-hydrogen) atoms. The maximum absolute atomic E-state index is 13.4. The van der Waals surface area contributed by atoms with E-state index >= 15 is 0 Å². The number of halogens is 1. The van der Waals surface area contributed by atoms with E-state index in [1.807, 2.05) is 0 Å². The maximum atomic E-state index is 13.4. The Balaban J connectivity index is 1.59. The second-order valence-electron chi connectivity index (χ2n) is 5.54. The number of hydrogen-bond acceptors (Lipinski definition) is 4. The lowest BCUT2D eigenvalue weighted by molar-refractivity contribution is 0.173. The van der Waals surface area contributed by atoms with Crippen molar-refractivity contribution in [1.29, 1.82) is 0 Å². The third-order valence-electron chi connectivity index (χ3n) is 3.98. The summed E-state index contributed by atoms with van der Waals surface area (Å²) in [7, 11) is 0. The predicted octanol–water partition coefficient (Wildman–Crippen LogP) is 3.33. The van der Waals surface area contributed by atoms with Crippen molar-refractivity contribution >= 4 is 0 Å². The molecule has 2 aromatic carbocycles. The summed E-state index contributed by atoms with van der Waals surface area (Å²) in [6.45, 7) is -4.57. The van der Waals surface area contributed by atoms with Gasteiger partial charge in [-0.05, 0) is 48.7 Å². The average Bonchev–Trinajstić information content (AvgIpc) is 2.96. The van der Waals surface area contributed by atoms with E-state index in [4.69, 9.17) is 22.4 Å². The Labute approximate surface area is 149 Å². The molecule has 4 nitrogen and oxygen atoms in total. The monoisotopic (exact) mass is 335 g/mol. The number of benzene rings is 2.